The highest BCUT2D eigenvalue weighted by Crippen LogP contribution is 2.22. The molecule has 214 valence electrons. The van der Waals surface area contributed by atoms with Gasteiger partial charge in [0.05, 0.1) is 11.9 Å². The van der Waals surface area contributed by atoms with Crippen LogP contribution in [0.3, 0.4) is 0 Å². The van der Waals surface area contributed by atoms with Gasteiger partial charge in [-0.1, -0.05) is 49.4 Å². The first-order valence-electron chi connectivity index (χ1n) is 12.7. The van der Waals surface area contributed by atoms with Crippen molar-refractivity contribution in [2.75, 3.05) is 17.1 Å². The smallest absolute Gasteiger partial charge is 0.244 e. The molecule has 0 aliphatic rings. The topological polar surface area (TPSA) is 86.8 Å². The summed E-state index contributed by atoms with van der Waals surface area (Å²) in [5.41, 5.74) is 1.01. The summed E-state index contributed by atoms with van der Waals surface area (Å²) in [6, 6.07) is 15.6. The second kappa shape index (κ2) is 13.5. The zero-order chi connectivity index (χ0) is 29.4. The predicted molar refractivity (Wildman–Crippen MR) is 147 cm³/mol. The molecule has 0 radical (unpaired) electrons. The standard InChI is InChI=1S/C29H32F3N3O4S/c1-4-20(2)33-29(37)27(16-21-8-6-5-7-9-21)34(18-22-10-12-23(30)13-11-22)28(36)19-35(40(3,38)39)24-14-15-25(31)26(32)17-24/h5-15,17,20,27H,4,16,18-19H2,1-3H3,(H,33,37). The van der Waals surface area contributed by atoms with E-state index in [4.69, 9.17) is 0 Å². The highest BCUT2D eigenvalue weighted by atomic mass is 32.2. The zero-order valence-electron chi connectivity index (χ0n) is 22.5. The fraction of sp³-hybridized carbons (Fsp3) is 0.310. The summed E-state index contributed by atoms with van der Waals surface area (Å²) in [7, 11) is -4.14. The Kier molecular flexibility index (Phi) is 10.3. The van der Waals surface area contributed by atoms with Gasteiger partial charge >= 0.3 is 0 Å². The van der Waals surface area contributed by atoms with Crippen molar-refractivity contribution < 1.29 is 31.2 Å². The number of nitrogens with zero attached hydrogens (tertiary/aromatic N) is 2. The lowest BCUT2D eigenvalue weighted by molar-refractivity contribution is -0.140. The van der Waals surface area contributed by atoms with E-state index >= 15 is 0 Å². The van der Waals surface area contributed by atoms with Gasteiger partial charge in [-0.25, -0.2) is 21.6 Å². The lowest BCUT2D eigenvalue weighted by atomic mass is 10.0. The Morgan fingerprint density at radius 1 is 0.900 bits per heavy atom. The van der Waals surface area contributed by atoms with Crippen LogP contribution >= 0.6 is 0 Å². The van der Waals surface area contributed by atoms with Gasteiger partial charge in [0.1, 0.15) is 18.4 Å². The monoisotopic (exact) mass is 575 g/mol. The van der Waals surface area contributed by atoms with Crippen molar-refractivity contribution in [1.82, 2.24) is 10.2 Å². The molecule has 0 fully saturated rings. The van der Waals surface area contributed by atoms with Crippen molar-refractivity contribution in [3.05, 3.63) is 101 Å². The summed E-state index contributed by atoms with van der Waals surface area (Å²) in [4.78, 5) is 28.7. The molecule has 40 heavy (non-hydrogen) atoms. The molecule has 11 heteroatoms. The van der Waals surface area contributed by atoms with E-state index in [2.05, 4.69) is 5.32 Å². The van der Waals surface area contributed by atoms with Crippen LogP contribution in [0, 0.1) is 17.5 Å². The normalized spacial score (nSPS) is 12.8. The summed E-state index contributed by atoms with van der Waals surface area (Å²) < 4.78 is 67.2. The molecule has 0 spiro atoms. The third-order valence-electron chi connectivity index (χ3n) is 6.41. The number of carbonyl (C=O) groups excluding carboxylic acids is 2. The quantitative estimate of drug-likeness (QED) is 0.346. The highest BCUT2D eigenvalue weighted by molar-refractivity contribution is 7.92. The van der Waals surface area contributed by atoms with Crippen molar-refractivity contribution in [2.24, 2.45) is 0 Å². The fourth-order valence-corrected chi connectivity index (χ4v) is 4.88. The van der Waals surface area contributed by atoms with Gasteiger partial charge in [-0.15, -0.1) is 0 Å². The van der Waals surface area contributed by atoms with E-state index in [9.17, 15) is 31.2 Å². The van der Waals surface area contributed by atoms with Gasteiger partial charge in [0.25, 0.3) is 0 Å². The van der Waals surface area contributed by atoms with E-state index in [1.165, 1.54) is 29.2 Å². The Labute approximate surface area is 232 Å². The van der Waals surface area contributed by atoms with Crippen molar-refractivity contribution in [1.29, 1.82) is 0 Å². The first-order chi connectivity index (χ1) is 18.9. The number of hydrogen-bond acceptors (Lipinski definition) is 4. The van der Waals surface area contributed by atoms with E-state index in [0.717, 1.165) is 24.0 Å². The molecule has 2 atom stereocenters. The first kappa shape index (κ1) is 30.7. The Morgan fingerprint density at radius 2 is 1.55 bits per heavy atom. The summed E-state index contributed by atoms with van der Waals surface area (Å²) in [6.07, 6.45) is 1.58. The Balaban J connectivity index is 2.06. The molecular formula is C29H32F3N3O4S. The van der Waals surface area contributed by atoms with Crippen LogP contribution in [0.1, 0.15) is 31.4 Å². The van der Waals surface area contributed by atoms with Crippen LogP contribution in [-0.4, -0.2) is 50.0 Å². The minimum absolute atomic E-state index is 0.111. The number of halogens is 3. The highest BCUT2D eigenvalue weighted by Gasteiger charge is 2.33. The second-order valence-electron chi connectivity index (χ2n) is 9.54. The minimum atomic E-state index is -4.14. The van der Waals surface area contributed by atoms with Crippen molar-refractivity contribution in [3.8, 4) is 0 Å². The number of benzene rings is 3. The molecule has 0 saturated carbocycles. The van der Waals surface area contributed by atoms with Crippen LogP contribution in [0.15, 0.2) is 72.8 Å². The molecule has 1 N–H and O–H groups in total. The summed E-state index contributed by atoms with van der Waals surface area (Å²) in [5.74, 6) is -4.16. The summed E-state index contributed by atoms with van der Waals surface area (Å²) in [6.45, 7) is 2.79. The van der Waals surface area contributed by atoms with Crippen LogP contribution in [-0.2, 0) is 32.6 Å². The van der Waals surface area contributed by atoms with Gasteiger partial charge in [0.2, 0.25) is 21.8 Å². The molecule has 3 aromatic carbocycles. The van der Waals surface area contributed by atoms with Gasteiger partial charge in [-0.2, -0.15) is 0 Å². The average molecular weight is 576 g/mol. The van der Waals surface area contributed by atoms with Crippen molar-refractivity contribution >= 4 is 27.5 Å². The van der Waals surface area contributed by atoms with E-state index < -0.39 is 51.9 Å². The van der Waals surface area contributed by atoms with E-state index in [-0.39, 0.29) is 24.7 Å². The van der Waals surface area contributed by atoms with Crippen LogP contribution in [0.4, 0.5) is 18.9 Å². The number of anilines is 1. The van der Waals surface area contributed by atoms with Gasteiger partial charge in [0.15, 0.2) is 11.6 Å². The maximum Gasteiger partial charge on any atom is 0.244 e. The molecule has 2 amide bonds. The summed E-state index contributed by atoms with van der Waals surface area (Å²) >= 11 is 0. The number of amides is 2. The summed E-state index contributed by atoms with van der Waals surface area (Å²) in [5, 5.41) is 2.89. The number of carbonyl (C=O) groups is 2. The van der Waals surface area contributed by atoms with Crippen LogP contribution in [0.25, 0.3) is 0 Å². The first-order valence-corrected chi connectivity index (χ1v) is 14.5. The van der Waals surface area contributed by atoms with Gasteiger partial charge < -0.3 is 10.2 Å². The number of rotatable bonds is 12. The van der Waals surface area contributed by atoms with Gasteiger partial charge in [-0.3, -0.25) is 13.9 Å². The fourth-order valence-electron chi connectivity index (χ4n) is 4.04. The molecule has 0 heterocycles. The average Bonchev–Trinajstić information content (AvgIpc) is 2.91. The third-order valence-corrected chi connectivity index (χ3v) is 7.55. The molecule has 0 saturated heterocycles. The maximum absolute atomic E-state index is 14.0. The second-order valence-corrected chi connectivity index (χ2v) is 11.4. The Hall–Kier alpha value is -3.86. The minimum Gasteiger partial charge on any atom is -0.352 e. The molecule has 0 aromatic heterocycles. The van der Waals surface area contributed by atoms with Gasteiger partial charge in [0, 0.05) is 25.1 Å². The third kappa shape index (κ3) is 8.32. The van der Waals surface area contributed by atoms with Crippen LogP contribution in [0.5, 0.6) is 0 Å². The molecule has 0 bridgehead atoms. The van der Waals surface area contributed by atoms with E-state index in [1.54, 1.807) is 24.3 Å². The van der Waals surface area contributed by atoms with Gasteiger partial charge in [-0.05, 0) is 48.7 Å². The molecular weight excluding hydrogens is 543 g/mol. The molecule has 0 aliphatic heterocycles. The number of sulfonamides is 1. The van der Waals surface area contributed by atoms with Crippen LogP contribution in [0.2, 0.25) is 0 Å². The van der Waals surface area contributed by atoms with Crippen molar-refractivity contribution in [3.63, 3.8) is 0 Å². The molecule has 7 nitrogen and oxygen atoms in total. The van der Waals surface area contributed by atoms with Crippen molar-refractivity contribution in [2.45, 2.75) is 45.3 Å². The largest absolute Gasteiger partial charge is 0.352 e. The molecule has 2 unspecified atom stereocenters. The zero-order valence-corrected chi connectivity index (χ0v) is 23.3. The predicted octanol–water partition coefficient (Wildman–Crippen LogP) is 4.42. The molecule has 3 rings (SSSR count). The Bertz CT molecular complexity index is 1420. The lowest BCUT2D eigenvalue weighted by Crippen LogP contribution is -2.54. The number of hydrogen-bond donors (Lipinski definition) is 1. The Morgan fingerprint density at radius 3 is 2.12 bits per heavy atom. The van der Waals surface area contributed by atoms with Crippen LogP contribution < -0.4 is 9.62 Å². The SMILES string of the molecule is CCC(C)NC(=O)C(Cc1ccccc1)N(Cc1ccc(F)cc1)C(=O)CN(c1ccc(F)c(F)c1)S(C)(=O)=O. The molecule has 0 aliphatic carbocycles. The number of nitrogens with one attached hydrogen (secondary N) is 1. The molecule has 3 aromatic rings. The maximum atomic E-state index is 14.0. The lowest BCUT2D eigenvalue weighted by Gasteiger charge is -2.34. The van der Waals surface area contributed by atoms with E-state index in [0.29, 0.717) is 22.4 Å². The van der Waals surface area contributed by atoms with E-state index in [1.807, 2.05) is 19.9 Å².